The van der Waals surface area contributed by atoms with Gasteiger partial charge < -0.3 is 15.4 Å². The van der Waals surface area contributed by atoms with Crippen molar-refractivity contribution in [2.45, 2.75) is 13.0 Å². The van der Waals surface area contributed by atoms with Crippen LogP contribution in [0.4, 0.5) is 5.69 Å². The van der Waals surface area contributed by atoms with Gasteiger partial charge in [0.2, 0.25) is 11.8 Å². The fourth-order valence-electron chi connectivity index (χ4n) is 2.77. The van der Waals surface area contributed by atoms with Crippen molar-refractivity contribution in [3.8, 4) is 0 Å². The molecule has 1 aliphatic heterocycles. The number of nitrogens with one attached hydrogen (secondary N) is 3. The van der Waals surface area contributed by atoms with Crippen LogP contribution in [0, 0.1) is 0 Å². The van der Waals surface area contributed by atoms with Gasteiger partial charge in [-0.2, -0.15) is 0 Å². The molecular weight excluding hydrogens is 318 g/mol. The first-order chi connectivity index (χ1) is 12.1. The average Bonchev–Trinajstić information content (AvgIpc) is 2.77. The van der Waals surface area contributed by atoms with E-state index in [4.69, 9.17) is 4.74 Å². The van der Waals surface area contributed by atoms with Crippen LogP contribution in [0.1, 0.15) is 28.9 Å². The van der Waals surface area contributed by atoms with Crippen LogP contribution in [0.15, 0.2) is 66.2 Å². The predicted molar refractivity (Wildman–Crippen MR) is 94.6 cm³/mol. The van der Waals surface area contributed by atoms with Crippen molar-refractivity contribution in [3.63, 3.8) is 0 Å². The third-order valence-corrected chi connectivity index (χ3v) is 3.88. The first-order valence-corrected chi connectivity index (χ1v) is 7.87. The van der Waals surface area contributed by atoms with Crippen LogP contribution in [0.5, 0.6) is 0 Å². The number of methoxy groups -OCH3 is 1. The first kappa shape index (κ1) is 16.6. The van der Waals surface area contributed by atoms with Crippen molar-refractivity contribution in [3.05, 3.63) is 77.3 Å². The molecule has 6 nitrogen and oxygen atoms in total. The van der Waals surface area contributed by atoms with E-state index in [0.29, 0.717) is 16.9 Å². The van der Waals surface area contributed by atoms with E-state index in [1.165, 1.54) is 14.0 Å². The molecule has 0 aliphatic carbocycles. The Kier molecular flexibility index (Phi) is 4.70. The Balaban J connectivity index is 2.16. The van der Waals surface area contributed by atoms with Crippen molar-refractivity contribution in [2.75, 3.05) is 12.4 Å². The molecule has 2 aromatic carbocycles. The second-order valence-corrected chi connectivity index (χ2v) is 5.62. The Hall–Kier alpha value is -3.28. The molecule has 0 spiro atoms. The second kappa shape index (κ2) is 7.09. The Labute approximate surface area is 145 Å². The number of fused-ring (bicyclic) bond motifs is 1. The Bertz CT molecular complexity index is 831. The number of carbonyl (C=O) groups is 2. The molecule has 1 aliphatic rings. The van der Waals surface area contributed by atoms with Crippen molar-refractivity contribution in [2.24, 2.45) is 0 Å². The molecule has 0 radical (unpaired) electrons. The van der Waals surface area contributed by atoms with Gasteiger partial charge in [0.15, 0.2) is 0 Å². The molecule has 2 amide bonds. The highest BCUT2D eigenvalue weighted by atomic mass is 16.5. The van der Waals surface area contributed by atoms with Gasteiger partial charge in [0, 0.05) is 12.6 Å². The van der Waals surface area contributed by atoms with Gasteiger partial charge >= 0.3 is 0 Å². The van der Waals surface area contributed by atoms with E-state index in [1.807, 2.05) is 42.5 Å². The monoisotopic (exact) mass is 337 g/mol. The minimum Gasteiger partial charge on any atom is -0.481 e. The number of amides is 2. The fraction of sp³-hybridized carbons (Fsp3) is 0.158. The van der Waals surface area contributed by atoms with E-state index in [-0.39, 0.29) is 17.7 Å². The Morgan fingerprint density at radius 1 is 1.08 bits per heavy atom. The standard InChI is InChI=1S/C19H19N3O3/c1-12(23)20-19(25-2)17-16(13-8-4-3-5-9-13)21-15-11-7-6-10-14(15)18(24)22-17/h3-11,16,21H,1-2H3,(H,20,23)(H,22,24). The fourth-order valence-corrected chi connectivity index (χ4v) is 2.77. The van der Waals surface area contributed by atoms with E-state index in [9.17, 15) is 9.59 Å². The summed E-state index contributed by atoms with van der Waals surface area (Å²) in [6.45, 7) is 1.39. The van der Waals surface area contributed by atoms with Crippen LogP contribution in [0.2, 0.25) is 0 Å². The van der Waals surface area contributed by atoms with E-state index in [2.05, 4.69) is 16.0 Å². The molecular formula is C19H19N3O3. The summed E-state index contributed by atoms with van der Waals surface area (Å²) in [5, 5.41) is 8.89. The lowest BCUT2D eigenvalue weighted by atomic mass is 10.0. The molecule has 1 heterocycles. The SMILES string of the molecule is COC(NC(C)=O)=C1NC(=O)c2ccccc2NC1c1ccccc1. The molecule has 1 unspecified atom stereocenters. The minimum atomic E-state index is -0.393. The van der Waals surface area contributed by atoms with Gasteiger partial charge in [-0.25, -0.2) is 0 Å². The molecule has 0 saturated heterocycles. The van der Waals surface area contributed by atoms with Gasteiger partial charge in [-0.15, -0.1) is 0 Å². The number of hydrogen-bond donors (Lipinski definition) is 3. The number of ether oxygens (including phenoxy) is 1. The summed E-state index contributed by atoms with van der Waals surface area (Å²) in [5.41, 5.74) is 2.61. The summed E-state index contributed by atoms with van der Waals surface area (Å²) >= 11 is 0. The van der Waals surface area contributed by atoms with Gasteiger partial charge in [-0.1, -0.05) is 42.5 Å². The van der Waals surface area contributed by atoms with Crippen molar-refractivity contribution in [1.29, 1.82) is 0 Å². The first-order valence-electron chi connectivity index (χ1n) is 7.87. The van der Waals surface area contributed by atoms with Crippen LogP contribution >= 0.6 is 0 Å². The van der Waals surface area contributed by atoms with E-state index >= 15 is 0 Å². The average molecular weight is 337 g/mol. The van der Waals surface area contributed by atoms with E-state index < -0.39 is 6.04 Å². The Morgan fingerprint density at radius 3 is 2.44 bits per heavy atom. The molecule has 0 saturated carbocycles. The maximum atomic E-state index is 12.6. The third-order valence-electron chi connectivity index (χ3n) is 3.88. The number of anilines is 1. The molecule has 25 heavy (non-hydrogen) atoms. The molecule has 0 bridgehead atoms. The Morgan fingerprint density at radius 2 is 1.76 bits per heavy atom. The van der Waals surface area contributed by atoms with Crippen LogP contribution < -0.4 is 16.0 Å². The van der Waals surface area contributed by atoms with Gasteiger partial charge in [-0.3, -0.25) is 14.9 Å². The molecule has 0 fully saturated rings. The minimum absolute atomic E-state index is 0.204. The number of para-hydroxylation sites is 1. The van der Waals surface area contributed by atoms with Crippen molar-refractivity contribution < 1.29 is 14.3 Å². The van der Waals surface area contributed by atoms with E-state index in [1.54, 1.807) is 12.1 Å². The summed E-state index contributed by atoms with van der Waals surface area (Å²) in [6.07, 6.45) is 0. The maximum absolute atomic E-state index is 12.6. The predicted octanol–water partition coefficient (Wildman–Crippen LogP) is 2.53. The van der Waals surface area contributed by atoms with Crippen molar-refractivity contribution >= 4 is 17.5 Å². The summed E-state index contributed by atoms with van der Waals surface area (Å²) < 4.78 is 5.35. The van der Waals surface area contributed by atoms with Crippen LogP contribution in [-0.4, -0.2) is 18.9 Å². The lowest BCUT2D eigenvalue weighted by Gasteiger charge is -2.23. The smallest absolute Gasteiger partial charge is 0.257 e. The summed E-state index contributed by atoms with van der Waals surface area (Å²) in [4.78, 5) is 24.2. The topological polar surface area (TPSA) is 79.5 Å². The largest absolute Gasteiger partial charge is 0.481 e. The lowest BCUT2D eigenvalue weighted by molar-refractivity contribution is -0.119. The highest BCUT2D eigenvalue weighted by Gasteiger charge is 2.29. The summed E-state index contributed by atoms with van der Waals surface area (Å²) in [5.74, 6) is -0.349. The molecule has 3 N–H and O–H groups in total. The molecule has 2 aromatic rings. The van der Waals surface area contributed by atoms with Gasteiger partial charge in [0.1, 0.15) is 5.70 Å². The normalized spacial score (nSPS) is 18.2. The number of carbonyl (C=O) groups excluding carboxylic acids is 2. The summed E-state index contributed by atoms with van der Waals surface area (Å²) in [6, 6.07) is 16.5. The van der Waals surface area contributed by atoms with Crippen LogP contribution in [0.3, 0.4) is 0 Å². The van der Waals surface area contributed by atoms with Gasteiger partial charge in [-0.05, 0) is 17.7 Å². The van der Waals surface area contributed by atoms with Gasteiger partial charge in [0.25, 0.3) is 5.91 Å². The maximum Gasteiger partial charge on any atom is 0.257 e. The zero-order valence-corrected chi connectivity index (χ0v) is 14.0. The zero-order valence-electron chi connectivity index (χ0n) is 14.0. The molecule has 128 valence electrons. The molecule has 6 heteroatoms. The van der Waals surface area contributed by atoms with E-state index in [0.717, 1.165) is 5.56 Å². The van der Waals surface area contributed by atoms with Crippen LogP contribution in [-0.2, 0) is 9.53 Å². The summed E-state index contributed by atoms with van der Waals surface area (Å²) in [7, 11) is 1.45. The third kappa shape index (κ3) is 3.47. The molecule has 3 rings (SSSR count). The van der Waals surface area contributed by atoms with Crippen molar-refractivity contribution in [1.82, 2.24) is 10.6 Å². The van der Waals surface area contributed by atoms with Crippen LogP contribution in [0.25, 0.3) is 0 Å². The molecule has 0 aromatic heterocycles. The van der Waals surface area contributed by atoms with Gasteiger partial charge in [0.05, 0.1) is 18.7 Å². The highest BCUT2D eigenvalue weighted by Crippen LogP contribution is 2.31. The number of rotatable bonds is 3. The zero-order chi connectivity index (χ0) is 17.8. The highest BCUT2D eigenvalue weighted by molar-refractivity contribution is 6.01. The number of hydrogen-bond acceptors (Lipinski definition) is 4. The second-order valence-electron chi connectivity index (χ2n) is 5.62. The lowest BCUT2D eigenvalue weighted by Crippen LogP contribution is -2.32. The molecule has 1 atom stereocenters. The quantitative estimate of drug-likeness (QED) is 0.752. The number of benzene rings is 2.